The zero-order valence-corrected chi connectivity index (χ0v) is 11.6. The molecule has 1 aromatic rings. The number of aryl methyl sites for hydroxylation is 1. The van der Waals surface area contributed by atoms with Crippen LogP contribution in [-0.2, 0) is 0 Å². The molecule has 17 heavy (non-hydrogen) atoms. The first-order valence-corrected chi connectivity index (χ1v) is 7.04. The van der Waals surface area contributed by atoms with Gasteiger partial charge in [0, 0.05) is 11.4 Å². The summed E-state index contributed by atoms with van der Waals surface area (Å²) in [5, 5.41) is 2.98. The lowest BCUT2D eigenvalue weighted by molar-refractivity contribution is 0.0943. The standard InChI is InChI=1S/C13H18BrNO2/c1-9-5-11(8-17-9)13(16)15-7-10-3-2-4-12(14)6-10/h5,8,10,12H,2-4,6-7H2,1H3,(H,15,16). The summed E-state index contributed by atoms with van der Waals surface area (Å²) in [6.45, 7) is 2.61. The van der Waals surface area contributed by atoms with Crippen molar-refractivity contribution in [3.63, 3.8) is 0 Å². The predicted octanol–water partition coefficient (Wildman–Crippen LogP) is 3.27. The Morgan fingerprint density at radius 1 is 1.59 bits per heavy atom. The Kier molecular flexibility index (Phi) is 4.26. The number of halogens is 1. The maximum Gasteiger partial charge on any atom is 0.254 e. The minimum Gasteiger partial charge on any atom is -0.469 e. The lowest BCUT2D eigenvalue weighted by atomic mass is 9.89. The smallest absolute Gasteiger partial charge is 0.254 e. The third-order valence-electron chi connectivity index (χ3n) is 3.26. The van der Waals surface area contributed by atoms with Crippen LogP contribution in [0.3, 0.4) is 0 Å². The van der Waals surface area contributed by atoms with Crippen LogP contribution in [0.4, 0.5) is 0 Å². The van der Waals surface area contributed by atoms with E-state index in [1.807, 2.05) is 6.92 Å². The Morgan fingerprint density at radius 2 is 2.41 bits per heavy atom. The van der Waals surface area contributed by atoms with Crippen molar-refractivity contribution in [2.75, 3.05) is 6.54 Å². The van der Waals surface area contributed by atoms with Crippen molar-refractivity contribution < 1.29 is 9.21 Å². The minimum absolute atomic E-state index is 0.0291. The van der Waals surface area contributed by atoms with Gasteiger partial charge in [0.15, 0.2) is 0 Å². The molecule has 2 unspecified atom stereocenters. The van der Waals surface area contributed by atoms with Gasteiger partial charge in [0.2, 0.25) is 0 Å². The summed E-state index contributed by atoms with van der Waals surface area (Å²) in [5.41, 5.74) is 0.619. The van der Waals surface area contributed by atoms with E-state index in [-0.39, 0.29) is 5.91 Å². The molecule has 1 aliphatic carbocycles. The second-order valence-corrected chi connectivity index (χ2v) is 6.08. The van der Waals surface area contributed by atoms with E-state index in [0.717, 1.165) is 18.7 Å². The molecule has 2 rings (SSSR count). The van der Waals surface area contributed by atoms with Crippen molar-refractivity contribution >= 4 is 21.8 Å². The maximum absolute atomic E-state index is 11.8. The van der Waals surface area contributed by atoms with Gasteiger partial charge in [-0.2, -0.15) is 0 Å². The van der Waals surface area contributed by atoms with Gasteiger partial charge < -0.3 is 9.73 Å². The Labute approximate surface area is 110 Å². The summed E-state index contributed by atoms with van der Waals surface area (Å²) in [7, 11) is 0. The van der Waals surface area contributed by atoms with E-state index in [4.69, 9.17) is 4.42 Å². The summed E-state index contributed by atoms with van der Waals surface area (Å²) >= 11 is 3.66. The van der Waals surface area contributed by atoms with Gasteiger partial charge in [-0.15, -0.1) is 0 Å². The number of hydrogen-bond donors (Lipinski definition) is 1. The second kappa shape index (κ2) is 5.71. The van der Waals surface area contributed by atoms with Crippen LogP contribution in [0, 0.1) is 12.8 Å². The minimum atomic E-state index is -0.0291. The Balaban J connectivity index is 1.80. The van der Waals surface area contributed by atoms with Crippen LogP contribution < -0.4 is 5.32 Å². The topological polar surface area (TPSA) is 42.2 Å². The normalized spacial score (nSPS) is 24.6. The molecule has 0 radical (unpaired) electrons. The van der Waals surface area contributed by atoms with E-state index < -0.39 is 0 Å². The van der Waals surface area contributed by atoms with Gasteiger partial charge in [-0.05, 0) is 38.2 Å². The molecule has 3 nitrogen and oxygen atoms in total. The first kappa shape index (κ1) is 12.7. The molecule has 1 aliphatic rings. The summed E-state index contributed by atoms with van der Waals surface area (Å²) in [6, 6.07) is 1.77. The van der Waals surface area contributed by atoms with Crippen molar-refractivity contribution in [3.8, 4) is 0 Å². The van der Waals surface area contributed by atoms with E-state index in [1.54, 1.807) is 6.07 Å². The van der Waals surface area contributed by atoms with E-state index in [2.05, 4.69) is 21.2 Å². The number of rotatable bonds is 3. The van der Waals surface area contributed by atoms with Crippen molar-refractivity contribution in [2.24, 2.45) is 5.92 Å². The fourth-order valence-electron chi connectivity index (χ4n) is 2.31. The molecule has 1 saturated carbocycles. The average Bonchev–Trinajstić information content (AvgIpc) is 2.73. The Morgan fingerprint density at radius 3 is 3.06 bits per heavy atom. The Bertz CT molecular complexity index is 389. The summed E-state index contributed by atoms with van der Waals surface area (Å²) in [5.74, 6) is 1.34. The van der Waals surface area contributed by atoms with Gasteiger partial charge >= 0.3 is 0 Å². The van der Waals surface area contributed by atoms with E-state index >= 15 is 0 Å². The molecular formula is C13H18BrNO2. The number of amides is 1. The molecule has 1 heterocycles. The average molecular weight is 300 g/mol. The lowest BCUT2D eigenvalue weighted by Gasteiger charge is -2.25. The van der Waals surface area contributed by atoms with E-state index in [9.17, 15) is 4.79 Å². The fourth-order valence-corrected chi connectivity index (χ4v) is 3.16. The number of carbonyl (C=O) groups is 1. The van der Waals surface area contributed by atoms with Crippen LogP contribution in [0.2, 0.25) is 0 Å². The van der Waals surface area contributed by atoms with E-state index in [1.165, 1.54) is 25.5 Å². The highest BCUT2D eigenvalue weighted by Crippen LogP contribution is 2.28. The molecule has 0 aliphatic heterocycles. The van der Waals surface area contributed by atoms with Gasteiger partial charge in [-0.1, -0.05) is 22.4 Å². The van der Waals surface area contributed by atoms with Crippen molar-refractivity contribution in [2.45, 2.75) is 37.4 Å². The first-order chi connectivity index (χ1) is 8.15. The first-order valence-electron chi connectivity index (χ1n) is 6.12. The highest BCUT2D eigenvalue weighted by molar-refractivity contribution is 9.09. The number of alkyl halides is 1. The summed E-state index contributed by atoms with van der Waals surface area (Å²) < 4.78 is 5.13. The molecule has 0 saturated heterocycles. The second-order valence-electron chi connectivity index (χ2n) is 4.79. The molecule has 0 spiro atoms. The number of nitrogens with one attached hydrogen (secondary N) is 1. The van der Waals surface area contributed by atoms with Crippen LogP contribution in [0.25, 0.3) is 0 Å². The van der Waals surface area contributed by atoms with Crippen molar-refractivity contribution in [1.82, 2.24) is 5.32 Å². The van der Waals surface area contributed by atoms with Gasteiger partial charge in [-0.25, -0.2) is 0 Å². The summed E-state index contributed by atoms with van der Waals surface area (Å²) in [4.78, 5) is 12.4. The van der Waals surface area contributed by atoms with Crippen LogP contribution in [-0.4, -0.2) is 17.3 Å². The SMILES string of the molecule is Cc1cc(C(=O)NCC2CCCC(Br)C2)co1. The van der Waals surface area contributed by atoms with Gasteiger partial charge in [0.25, 0.3) is 5.91 Å². The molecule has 2 atom stereocenters. The van der Waals surface area contributed by atoms with Crippen molar-refractivity contribution in [1.29, 1.82) is 0 Å². The molecule has 1 fully saturated rings. The van der Waals surface area contributed by atoms with Crippen LogP contribution in [0.15, 0.2) is 16.7 Å². The number of hydrogen-bond acceptors (Lipinski definition) is 2. The highest BCUT2D eigenvalue weighted by Gasteiger charge is 2.20. The van der Waals surface area contributed by atoms with E-state index in [0.29, 0.717) is 16.3 Å². The predicted molar refractivity (Wildman–Crippen MR) is 70.5 cm³/mol. The summed E-state index contributed by atoms with van der Waals surface area (Å²) in [6.07, 6.45) is 6.39. The molecule has 1 aromatic heterocycles. The molecule has 0 bridgehead atoms. The molecule has 94 valence electrons. The molecule has 0 aromatic carbocycles. The third-order valence-corrected chi connectivity index (χ3v) is 4.09. The quantitative estimate of drug-likeness (QED) is 0.871. The third kappa shape index (κ3) is 3.60. The monoisotopic (exact) mass is 299 g/mol. The largest absolute Gasteiger partial charge is 0.469 e. The fraction of sp³-hybridized carbons (Fsp3) is 0.615. The zero-order chi connectivity index (χ0) is 12.3. The zero-order valence-electron chi connectivity index (χ0n) is 10.0. The molecule has 1 amide bonds. The molecule has 4 heteroatoms. The number of furan rings is 1. The van der Waals surface area contributed by atoms with Gasteiger partial charge in [0.1, 0.15) is 12.0 Å². The molecule has 1 N–H and O–H groups in total. The van der Waals surface area contributed by atoms with Gasteiger partial charge in [0.05, 0.1) is 5.56 Å². The van der Waals surface area contributed by atoms with Gasteiger partial charge in [-0.3, -0.25) is 4.79 Å². The molecular weight excluding hydrogens is 282 g/mol. The number of carbonyl (C=O) groups excluding carboxylic acids is 1. The Hall–Kier alpha value is -0.770. The lowest BCUT2D eigenvalue weighted by Crippen LogP contribution is -2.31. The van der Waals surface area contributed by atoms with Crippen LogP contribution in [0.1, 0.15) is 41.8 Å². The van der Waals surface area contributed by atoms with Crippen molar-refractivity contribution in [3.05, 3.63) is 23.7 Å². The van der Waals surface area contributed by atoms with Crippen LogP contribution in [0.5, 0.6) is 0 Å². The highest BCUT2D eigenvalue weighted by atomic mass is 79.9. The van der Waals surface area contributed by atoms with Crippen LogP contribution >= 0.6 is 15.9 Å². The maximum atomic E-state index is 11.8.